The van der Waals surface area contributed by atoms with Crippen molar-refractivity contribution in [3.63, 3.8) is 0 Å². The Bertz CT molecular complexity index is 895. The van der Waals surface area contributed by atoms with Crippen LogP contribution in [-0.2, 0) is 12.7 Å². The van der Waals surface area contributed by atoms with Crippen molar-refractivity contribution in [2.24, 2.45) is 0 Å². The number of hydrogen-bond acceptors (Lipinski definition) is 7. The summed E-state index contributed by atoms with van der Waals surface area (Å²) >= 11 is 1.14. The van der Waals surface area contributed by atoms with E-state index in [9.17, 15) is 18.0 Å². The number of thiazole rings is 1. The van der Waals surface area contributed by atoms with Gasteiger partial charge in [0.05, 0.1) is 6.54 Å². The van der Waals surface area contributed by atoms with Crippen molar-refractivity contribution in [3.05, 3.63) is 46.5 Å². The SMILES string of the molecule is O=C(O)c1sc(Sc2nnn(Cc3ccccc3)n2)nc1C(F)(F)F. The number of carbonyl (C=O) groups is 1. The first-order chi connectivity index (χ1) is 11.8. The number of carboxylic acids is 1. The Balaban J connectivity index is 1.78. The summed E-state index contributed by atoms with van der Waals surface area (Å²) in [7, 11) is 0. The number of aromatic nitrogens is 5. The van der Waals surface area contributed by atoms with Crippen molar-refractivity contribution < 1.29 is 23.1 Å². The molecule has 0 aliphatic rings. The molecule has 0 amide bonds. The van der Waals surface area contributed by atoms with Crippen molar-refractivity contribution >= 4 is 29.1 Å². The molecule has 7 nitrogen and oxygen atoms in total. The van der Waals surface area contributed by atoms with Crippen LogP contribution in [0.1, 0.15) is 20.9 Å². The van der Waals surface area contributed by atoms with E-state index in [2.05, 4.69) is 20.4 Å². The molecule has 0 aliphatic heterocycles. The lowest BCUT2D eigenvalue weighted by atomic mass is 10.2. The van der Waals surface area contributed by atoms with Gasteiger partial charge in [-0.15, -0.1) is 10.2 Å². The van der Waals surface area contributed by atoms with E-state index in [1.54, 1.807) is 0 Å². The van der Waals surface area contributed by atoms with Crippen LogP contribution in [0.15, 0.2) is 39.8 Å². The first-order valence-corrected chi connectivity index (χ1v) is 8.27. The van der Waals surface area contributed by atoms with Crippen molar-refractivity contribution in [1.82, 2.24) is 25.2 Å². The molecular formula is C13H8F3N5O2S2. The van der Waals surface area contributed by atoms with Crippen LogP contribution < -0.4 is 0 Å². The second-order valence-corrected chi connectivity index (χ2v) is 6.86. The van der Waals surface area contributed by atoms with E-state index in [1.165, 1.54) is 4.80 Å². The molecule has 0 spiro atoms. The number of aromatic carboxylic acids is 1. The zero-order chi connectivity index (χ0) is 18.0. The Morgan fingerprint density at radius 2 is 2.00 bits per heavy atom. The van der Waals surface area contributed by atoms with Gasteiger partial charge in [-0.2, -0.15) is 18.0 Å². The molecule has 0 atom stereocenters. The van der Waals surface area contributed by atoms with Crippen LogP contribution in [0.4, 0.5) is 13.2 Å². The maximum Gasteiger partial charge on any atom is 0.435 e. The summed E-state index contributed by atoms with van der Waals surface area (Å²) in [5.74, 6) is -1.68. The minimum Gasteiger partial charge on any atom is -0.477 e. The summed E-state index contributed by atoms with van der Waals surface area (Å²) < 4.78 is 38.4. The molecule has 0 bridgehead atoms. The van der Waals surface area contributed by atoms with Crippen LogP contribution in [0, 0.1) is 0 Å². The molecule has 3 aromatic rings. The maximum absolute atomic E-state index is 12.8. The summed E-state index contributed by atoms with van der Waals surface area (Å²) in [4.78, 5) is 14.7. The van der Waals surface area contributed by atoms with Gasteiger partial charge in [0.1, 0.15) is 4.88 Å². The quantitative estimate of drug-likeness (QED) is 0.719. The highest BCUT2D eigenvalue weighted by Crippen LogP contribution is 2.38. The zero-order valence-corrected chi connectivity index (χ0v) is 13.8. The van der Waals surface area contributed by atoms with Gasteiger partial charge in [0.15, 0.2) is 10.0 Å². The van der Waals surface area contributed by atoms with Gasteiger partial charge in [0.2, 0.25) is 5.16 Å². The van der Waals surface area contributed by atoms with Crippen molar-refractivity contribution in [2.45, 2.75) is 22.2 Å². The summed E-state index contributed by atoms with van der Waals surface area (Å²) in [6.07, 6.45) is -4.85. The van der Waals surface area contributed by atoms with Gasteiger partial charge in [0.25, 0.3) is 0 Å². The zero-order valence-electron chi connectivity index (χ0n) is 12.1. The fourth-order valence-corrected chi connectivity index (χ4v) is 3.65. The normalized spacial score (nSPS) is 11.6. The molecule has 0 radical (unpaired) electrons. The van der Waals surface area contributed by atoms with Crippen LogP contribution in [-0.4, -0.2) is 36.3 Å². The van der Waals surface area contributed by atoms with Crippen LogP contribution in [0.2, 0.25) is 0 Å². The molecule has 1 aromatic carbocycles. The first-order valence-electron chi connectivity index (χ1n) is 6.64. The van der Waals surface area contributed by atoms with Gasteiger partial charge in [-0.25, -0.2) is 9.78 Å². The number of hydrogen-bond donors (Lipinski definition) is 1. The molecule has 3 rings (SSSR count). The summed E-state index contributed by atoms with van der Waals surface area (Å²) in [5.41, 5.74) is -0.498. The minimum atomic E-state index is -4.85. The average Bonchev–Trinajstić information content (AvgIpc) is 3.15. The summed E-state index contributed by atoms with van der Waals surface area (Å²) in [5, 5.41) is 20.6. The van der Waals surface area contributed by atoms with Gasteiger partial charge >= 0.3 is 12.1 Å². The molecule has 0 saturated heterocycles. The topological polar surface area (TPSA) is 93.8 Å². The number of tetrazole rings is 1. The van der Waals surface area contributed by atoms with Gasteiger partial charge in [-0.05, 0) is 22.5 Å². The number of alkyl halides is 3. The number of nitrogens with zero attached hydrogens (tertiary/aromatic N) is 5. The van der Waals surface area contributed by atoms with Crippen molar-refractivity contribution in [3.8, 4) is 0 Å². The highest BCUT2D eigenvalue weighted by Gasteiger charge is 2.40. The fraction of sp³-hybridized carbons (Fsp3) is 0.154. The van der Waals surface area contributed by atoms with Gasteiger partial charge in [-0.3, -0.25) is 0 Å². The summed E-state index contributed by atoms with van der Waals surface area (Å²) in [6.45, 7) is 0.348. The second-order valence-electron chi connectivity index (χ2n) is 4.65. The highest BCUT2D eigenvalue weighted by molar-refractivity contribution is 8.00. The van der Waals surface area contributed by atoms with Gasteiger partial charge in [-0.1, -0.05) is 41.7 Å². The van der Waals surface area contributed by atoms with E-state index in [1.807, 2.05) is 30.3 Å². The number of benzene rings is 1. The molecule has 0 saturated carbocycles. The van der Waals surface area contributed by atoms with Crippen LogP contribution in [0.5, 0.6) is 0 Å². The van der Waals surface area contributed by atoms with Gasteiger partial charge < -0.3 is 5.11 Å². The first kappa shape index (κ1) is 17.4. The molecular weight excluding hydrogens is 379 g/mol. The standard InChI is InChI=1S/C13H8F3N5O2S2/c14-13(15,16)9-8(10(22)23)24-12(17-9)25-11-18-20-21(19-11)6-7-4-2-1-3-5-7/h1-5H,6H2,(H,22,23). The second kappa shape index (κ2) is 6.80. The van der Waals surface area contributed by atoms with Crippen molar-refractivity contribution in [1.29, 1.82) is 0 Å². The van der Waals surface area contributed by atoms with Crippen LogP contribution in [0.25, 0.3) is 0 Å². The van der Waals surface area contributed by atoms with E-state index >= 15 is 0 Å². The molecule has 25 heavy (non-hydrogen) atoms. The average molecular weight is 387 g/mol. The van der Waals surface area contributed by atoms with E-state index in [0.717, 1.165) is 17.3 Å². The highest BCUT2D eigenvalue weighted by atomic mass is 32.2. The Kier molecular flexibility index (Phi) is 4.72. The lowest BCUT2D eigenvalue weighted by Gasteiger charge is -2.02. The molecule has 2 aromatic heterocycles. The third kappa shape index (κ3) is 4.14. The van der Waals surface area contributed by atoms with E-state index < -0.39 is 22.7 Å². The lowest BCUT2D eigenvalue weighted by Crippen LogP contribution is -2.11. The number of halogens is 3. The number of rotatable bonds is 5. The molecule has 0 aliphatic carbocycles. The van der Waals surface area contributed by atoms with E-state index in [0.29, 0.717) is 17.9 Å². The minimum absolute atomic E-state index is 0.0790. The van der Waals surface area contributed by atoms with Crippen LogP contribution >= 0.6 is 23.1 Å². The van der Waals surface area contributed by atoms with Crippen molar-refractivity contribution in [2.75, 3.05) is 0 Å². The van der Waals surface area contributed by atoms with E-state index in [-0.39, 0.29) is 9.50 Å². The lowest BCUT2D eigenvalue weighted by molar-refractivity contribution is -0.141. The Hall–Kier alpha value is -2.47. The predicted octanol–water partition coefficient (Wildman–Crippen LogP) is 3.05. The molecule has 2 heterocycles. The predicted molar refractivity (Wildman–Crippen MR) is 81.6 cm³/mol. The molecule has 130 valence electrons. The smallest absolute Gasteiger partial charge is 0.435 e. The fourth-order valence-electron chi connectivity index (χ4n) is 1.84. The molecule has 0 unspecified atom stereocenters. The Labute approximate surface area is 146 Å². The van der Waals surface area contributed by atoms with E-state index in [4.69, 9.17) is 5.11 Å². The monoisotopic (exact) mass is 387 g/mol. The van der Waals surface area contributed by atoms with Gasteiger partial charge in [0, 0.05) is 0 Å². The summed E-state index contributed by atoms with van der Waals surface area (Å²) in [6, 6.07) is 9.30. The maximum atomic E-state index is 12.8. The Morgan fingerprint density at radius 1 is 1.28 bits per heavy atom. The molecule has 0 fully saturated rings. The largest absolute Gasteiger partial charge is 0.477 e. The molecule has 12 heteroatoms. The third-order valence-corrected chi connectivity index (χ3v) is 4.80. The molecule has 1 N–H and O–H groups in total. The number of carboxylic acid groups (broad SMARTS) is 1. The van der Waals surface area contributed by atoms with Crippen LogP contribution in [0.3, 0.4) is 0 Å². The third-order valence-electron chi connectivity index (χ3n) is 2.85. The Morgan fingerprint density at radius 3 is 2.60 bits per heavy atom.